The van der Waals surface area contributed by atoms with Gasteiger partial charge in [-0.25, -0.2) is 4.98 Å². The molecule has 1 amide bonds. The molecule has 1 aromatic heterocycles. The molecule has 9 heteroatoms. The summed E-state index contributed by atoms with van der Waals surface area (Å²) in [5, 5.41) is 9.12. The van der Waals surface area contributed by atoms with Gasteiger partial charge in [0.1, 0.15) is 11.6 Å². The van der Waals surface area contributed by atoms with Gasteiger partial charge in [-0.05, 0) is 50.0 Å². The summed E-state index contributed by atoms with van der Waals surface area (Å²) in [5.41, 5.74) is -0.778. The second-order valence-corrected chi connectivity index (χ2v) is 7.94. The van der Waals surface area contributed by atoms with Crippen LogP contribution in [0.5, 0.6) is 0 Å². The molecule has 1 saturated carbocycles. The Balaban J connectivity index is 1.73. The Labute approximate surface area is 176 Å². The number of anilines is 1. The highest BCUT2D eigenvalue weighted by atomic mass is 32.1. The van der Waals surface area contributed by atoms with Crippen LogP contribution in [-0.2, 0) is 17.5 Å². The molecule has 30 heavy (non-hydrogen) atoms. The van der Waals surface area contributed by atoms with E-state index in [4.69, 9.17) is 17.5 Å². The molecule has 1 spiro atoms. The van der Waals surface area contributed by atoms with Crippen LogP contribution in [0.2, 0.25) is 0 Å². The van der Waals surface area contributed by atoms with E-state index in [2.05, 4.69) is 4.98 Å². The van der Waals surface area contributed by atoms with Gasteiger partial charge in [-0.1, -0.05) is 29.8 Å². The summed E-state index contributed by atoms with van der Waals surface area (Å²) < 4.78 is 40.2. The standard InChI is InChI=1S/C21H17F3N4OS/c1-13-3-5-14(6-4-13)12-27-19(30)28(18(29)20(27)7-2-8-20)15-9-16(21(22,23)24)17(10-25)26-11-15/h3-6,9,11H,2,7-8,12H2,1H3. The van der Waals surface area contributed by atoms with E-state index in [1.165, 1.54) is 6.07 Å². The number of aromatic nitrogens is 1. The molecule has 0 bridgehead atoms. The average molecular weight is 430 g/mol. The van der Waals surface area contributed by atoms with E-state index in [1.807, 2.05) is 36.1 Å². The first-order valence-electron chi connectivity index (χ1n) is 9.36. The van der Waals surface area contributed by atoms with Crippen LogP contribution in [-0.4, -0.2) is 26.4 Å². The second-order valence-electron chi connectivity index (χ2n) is 7.58. The number of carbonyl (C=O) groups is 1. The highest BCUT2D eigenvalue weighted by Gasteiger charge is 2.59. The minimum atomic E-state index is -4.77. The molecule has 1 aliphatic carbocycles. The summed E-state index contributed by atoms with van der Waals surface area (Å²) in [4.78, 5) is 19.9. The maximum Gasteiger partial charge on any atom is 0.419 e. The predicted molar refractivity (Wildman–Crippen MR) is 107 cm³/mol. The number of halogens is 3. The van der Waals surface area contributed by atoms with E-state index in [1.54, 1.807) is 0 Å². The molecule has 1 aliphatic heterocycles. The Kier molecular flexibility index (Phi) is 4.77. The van der Waals surface area contributed by atoms with Crippen molar-refractivity contribution < 1.29 is 18.0 Å². The summed E-state index contributed by atoms with van der Waals surface area (Å²) in [6.45, 7) is 2.36. The van der Waals surface area contributed by atoms with Crippen LogP contribution < -0.4 is 4.90 Å². The zero-order valence-corrected chi connectivity index (χ0v) is 16.8. The molecule has 2 heterocycles. The molecular weight excluding hydrogens is 413 g/mol. The normalized spacial score (nSPS) is 18.0. The van der Waals surface area contributed by atoms with E-state index in [-0.39, 0.29) is 16.7 Å². The molecule has 2 aromatic rings. The highest BCUT2D eigenvalue weighted by Crippen LogP contribution is 2.46. The van der Waals surface area contributed by atoms with Gasteiger partial charge >= 0.3 is 6.18 Å². The van der Waals surface area contributed by atoms with E-state index in [9.17, 15) is 18.0 Å². The molecule has 1 aromatic carbocycles. The summed E-state index contributed by atoms with van der Waals surface area (Å²) in [6, 6.07) is 10.0. The predicted octanol–water partition coefficient (Wildman–Crippen LogP) is 4.34. The van der Waals surface area contributed by atoms with E-state index in [0.29, 0.717) is 19.4 Å². The van der Waals surface area contributed by atoms with Crippen molar-refractivity contribution in [2.75, 3.05) is 4.90 Å². The fourth-order valence-corrected chi connectivity index (χ4v) is 4.34. The quantitative estimate of drug-likeness (QED) is 0.678. The maximum absolute atomic E-state index is 13.4. The fraction of sp³-hybridized carbons (Fsp3) is 0.333. The van der Waals surface area contributed by atoms with E-state index >= 15 is 0 Å². The van der Waals surface area contributed by atoms with Gasteiger partial charge in [-0.3, -0.25) is 9.69 Å². The van der Waals surface area contributed by atoms with E-state index in [0.717, 1.165) is 34.7 Å². The Hall–Kier alpha value is -2.99. The van der Waals surface area contributed by atoms with Crippen LogP contribution in [0.3, 0.4) is 0 Å². The summed E-state index contributed by atoms with van der Waals surface area (Å²) >= 11 is 5.55. The molecule has 0 radical (unpaired) electrons. The van der Waals surface area contributed by atoms with Crippen molar-refractivity contribution in [1.29, 1.82) is 5.26 Å². The molecule has 4 rings (SSSR count). The number of hydrogen-bond donors (Lipinski definition) is 0. The molecule has 2 fully saturated rings. The third-order valence-electron chi connectivity index (χ3n) is 5.72. The lowest BCUT2D eigenvalue weighted by Gasteiger charge is -2.43. The lowest BCUT2D eigenvalue weighted by atomic mass is 9.75. The van der Waals surface area contributed by atoms with Gasteiger partial charge in [0.15, 0.2) is 10.8 Å². The number of benzene rings is 1. The minimum absolute atomic E-state index is 0.0750. The van der Waals surface area contributed by atoms with Gasteiger partial charge in [0.25, 0.3) is 5.91 Å². The summed E-state index contributed by atoms with van der Waals surface area (Å²) in [5.74, 6) is -0.342. The average Bonchev–Trinajstić information content (AvgIpc) is 2.89. The zero-order chi connectivity index (χ0) is 21.7. The van der Waals surface area contributed by atoms with Crippen molar-refractivity contribution in [3.05, 3.63) is 58.9 Å². The number of nitrogens with zero attached hydrogens (tertiary/aromatic N) is 4. The number of rotatable bonds is 3. The van der Waals surface area contributed by atoms with Gasteiger partial charge in [-0.15, -0.1) is 0 Å². The maximum atomic E-state index is 13.4. The Morgan fingerprint density at radius 2 is 1.93 bits per heavy atom. The van der Waals surface area contributed by atoms with Gasteiger partial charge in [0.2, 0.25) is 0 Å². The molecule has 5 nitrogen and oxygen atoms in total. The highest BCUT2D eigenvalue weighted by molar-refractivity contribution is 7.80. The molecular formula is C21H17F3N4OS. The van der Waals surface area contributed by atoms with Crippen molar-refractivity contribution >= 4 is 28.9 Å². The molecule has 0 unspecified atom stereocenters. The topological polar surface area (TPSA) is 60.2 Å². The number of nitriles is 1. The first kappa shape index (κ1) is 20.3. The van der Waals surface area contributed by atoms with Crippen molar-refractivity contribution in [3.63, 3.8) is 0 Å². The Bertz CT molecular complexity index is 1070. The smallest absolute Gasteiger partial charge is 0.329 e. The van der Waals surface area contributed by atoms with Gasteiger partial charge in [-0.2, -0.15) is 18.4 Å². The third-order valence-corrected chi connectivity index (χ3v) is 6.13. The molecule has 2 aliphatic rings. The number of pyridine rings is 1. The van der Waals surface area contributed by atoms with Crippen LogP contribution in [0.15, 0.2) is 36.5 Å². The number of thiocarbonyl (C=S) groups is 1. The van der Waals surface area contributed by atoms with Crippen LogP contribution in [0, 0.1) is 18.3 Å². The first-order valence-corrected chi connectivity index (χ1v) is 9.77. The van der Waals surface area contributed by atoms with Crippen molar-refractivity contribution in [3.8, 4) is 6.07 Å². The Morgan fingerprint density at radius 3 is 2.47 bits per heavy atom. The largest absolute Gasteiger partial charge is 0.419 e. The SMILES string of the molecule is Cc1ccc(CN2C(=S)N(c3cnc(C#N)c(C(F)(F)F)c3)C(=O)C23CCC3)cc1. The number of carbonyl (C=O) groups excluding carboxylic acids is 1. The lowest BCUT2D eigenvalue weighted by molar-refractivity contribution is -0.138. The lowest BCUT2D eigenvalue weighted by Crippen LogP contribution is -2.54. The van der Waals surface area contributed by atoms with Gasteiger partial charge < -0.3 is 4.90 Å². The number of aryl methyl sites for hydroxylation is 1. The van der Waals surface area contributed by atoms with Crippen molar-refractivity contribution in [1.82, 2.24) is 9.88 Å². The molecule has 1 saturated heterocycles. The number of hydrogen-bond acceptors (Lipinski definition) is 4. The molecule has 0 atom stereocenters. The van der Waals surface area contributed by atoms with Crippen molar-refractivity contribution in [2.24, 2.45) is 0 Å². The van der Waals surface area contributed by atoms with Gasteiger partial charge in [0, 0.05) is 6.54 Å². The summed E-state index contributed by atoms with van der Waals surface area (Å²) in [6.07, 6.45) is -1.66. The zero-order valence-electron chi connectivity index (χ0n) is 16.0. The number of amides is 1. The number of alkyl halides is 3. The molecule has 154 valence electrons. The van der Waals surface area contributed by atoms with Crippen LogP contribution in [0.1, 0.15) is 41.6 Å². The minimum Gasteiger partial charge on any atom is -0.329 e. The monoisotopic (exact) mass is 430 g/mol. The van der Waals surface area contributed by atoms with Crippen LogP contribution >= 0.6 is 12.2 Å². The molecule has 0 N–H and O–H groups in total. The second kappa shape index (κ2) is 7.06. The fourth-order valence-electron chi connectivity index (χ4n) is 3.91. The van der Waals surface area contributed by atoms with Crippen molar-refractivity contribution in [2.45, 2.75) is 44.4 Å². The third kappa shape index (κ3) is 3.12. The van der Waals surface area contributed by atoms with Crippen LogP contribution in [0.4, 0.5) is 18.9 Å². The Morgan fingerprint density at radius 1 is 1.27 bits per heavy atom. The van der Waals surface area contributed by atoms with Gasteiger partial charge in [0.05, 0.1) is 17.4 Å². The first-order chi connectivity index (χ1) is 14.2. The summed E-state index contributed by atoms with van der Waals surface area (Å²) in [7, 11) is 0. The van der Waals surface area contributed by atoms with E-state index < -0.39 is 23.0 Å². The van der Waals surface area contributed by atoms with Crippen LogP contribution in [0.25, 0.3) is 0 Å².